The number of nitrogens with zero attached hydrogens (tertiary/aromatic N) is 1. The molecule has 1 fully saturated rings. The van der Waals surface area contributed by atoms with Crippen molar-refractivity contribution >= 4 is 23.8 Å². The smallest absolute Gasteiger partial charge is 0.343 e. The molecule has 35 heavy (non-hydrogen) atoms. The standard InChI is InChI=1S/C29H27NO5/c1-2-28(32)34-19-20-7-9-23(10-8-20)29(33)35-26-16-13-24(27(31)17-26)18-30-25-14-11-22(12-15-25)21-5-3-4-6-21/h2,7-18,21,31H,1,3-6,19H2. The van der Waals surface area contributed by atoms with Crippen LogP contribution >= 0.6 is 0 Å². The second kappa shape index (κ2) is 11.3. The molecule has 0 atom stereocenters. The van der Waals surface area contributed by atoms with E-state index in [9.17, 15) is 14.7 Å². The molecule has 0 amide bonds. The monoisotopic (exact) mass is 469 g/mol. The van der Waals surface area contributed by atoms with E-state index in [0.29, 0.717) is 17.0 Å². The number of rotatable bonds is 8. The molecule has 3 aromatic carbocycles. The van der Waals surface area contributed by atoms with Crippen LogP contribution in [0.2, 0.25) is 0 Å². The highest BCUT2D eigenvalue weighted by Gasteiger charge is 2.16. The summed E-state index contributed by atoms with van der Waals surface area (Å²) in [5.41, 5.74) is 3.75. The summed E-state index contributed by atoms with van der Waals surface area (Å²) in [6.07, 6.45) is 7.79. The number of hydrogen-bond donors (Lipinski definition) is 1. The van der Waals surface area contributed by atoms with E-state index in [4.69, 9.17) is 9.47 Å². The second-order valence-electron chi connectivity index (χ2n) is 8.45. The van der Waals surface area contributed by atoms with Gasteiger partial charge in [0.1, 0.15) is 18.1 Å². The highest BCUT2D eigenvalue weighted by molar-refractivity contribution is 5.91. The lowest BCUT2D eigenvalue weighted by Crippen LogP contribution is -2.09. The number of benzene rings is 3. The number of aliphatic imine (C=N–C) groups is 1. The van der Waals surface area contributed by atoms with Gasteiger partial charge in [-0.15, -0.1) is 0 Å². The van der Waals surface area contributed by atoms with Crippen LogP contribution in [0.25, 0.3) is 0 Å². The molecular weight excluding hydrogens is 442 g/mol. The van der Waals surface area contributed by atoms with Gasteiger partial charge >= 0.3 is 11.9 Å². The first-order valence-electron chi connectivity index (χ1n) is 11.6. The Kier molecular flexibility index (Phi) is 7.73. The largest absolute Gasteiger partial charge is 0.507 e. The molecule has 4 rings (SSSR count). The van der Waals surface area contributed by atoms with Crippen LogP contribution in [0, 0.1) is 0 Å². The SMILES string of the molecule is C=CC(=O)OCc1ccc(C(=O)Oc2ccc(C=Nc3ccc(C4CCCC4)cc3)c(O)c2)cc1. The predicted molar refractivity (Wildman–Crippen MR) is 134 cm³/mol. The summed E-state index contributed by atoms with van der Waals surface area (Å²) in [6.45, 7) is 3.43. The number of aromatic hydroxyl groups is 1. The van der Waals surface area contributed by atoms with Crippen LogP contribution in [-0.2, 0) is 16.1 Å². The van der Waals surface area contributed by atoms with E-state index >= 15 is 0 Å². The molecule has 1 N–H and O–H groups in total. The molecular formula is C29H27NO5. The van der Waals surface area contributed by atoms with Gasteiger partial charge in [-0.25, -0.2) is 9.59 Å². The van der Waals surface area contributed by atoms with Crippen LogP contribution in [-0.4, -0.2) is 23.3 Å². The quantitative estimate of drug-likeness (QED) is 0.182. The van der Waals surface area contributed by atoms with Crippen molar-refractivity contribution in [3.8, 4) is 11.5 Å². The fourth-order valence-electron chi connectivity index (χ4n) is 4.05. The van der Waals surface area contributed by atoms with Gasteiger partial charge in [0, 0.05) is 23.9 Å². The Morgan fingerprint density at radius 1 is 1.00 bits per heavy atom. The van der Waals surface area contributed by atoms with E-state index < -0.39 is 11.9 Å². The van der Waals surface area contributed by atoms with Gasteiger partial charge in [-0.05, 0) is 66.3 Å². The minimum atomic E-state index is -0.567. The summed E-state index contributed by atoms with van der Waals surface area (Å²) in [7, 11) is 0. The van der Waals surface area contributed by atoms with Crippen molar-refractivity contribution in [2.24, 2.45) is 4.99 Å². The zero-order chi connectivity index (χ0) is 24.6. The Morgan fingerprint density at radius 2 is 1.71 bits per heavy atom. The first kappa shape index (κ1) is 24.0. The maximum absolute atomic E-state index is 12.4. The molecule has 0 radical (unpaired) electrons. The zero-order valence-corrected chi connectivity index (χ0v) is 19.4. The summed E-state index contributed by atoms with van der Waals surface area (Å²) >= 11 is 0. The minimum Gasteiger partial charge on any atom is -0.507 e. The molecule has 0 aromatic heterocycles. The average molecular weight is 470 g/mol. The normalized spacial score (nSPS) is 13.6. The molecule has 0 bridgehead atoms. The van der Waals surface area contributed by atoms with Gasteiger partial charge in [0.05, 0.1) is 11.3 Å². The van der Waals surface area contributed by atoms with Crippen LogP contribution in [0.5, 0.6) is 11.5 Å². The van der Waals surface area contributed by atoms with Gasteiger partial charge in [0.15, 0.2) is 0 Å². The summed E-state index contributed by atoms with van der Waals surface area (Å²) < 4.78 is 10.3. The molecule has 0 spiro atoms. The maximum atomic E-state index is 12.4. The van der Waals surface area contributed by atoms with Crippen molar-refractivity contribution in [2.45, 2.75) is 38.2 Å². The number of hydrogen-bond acceptors (Lipinski definition) is 6. The first-order chi connectivity index (χ1) is 17.0. The molecule has 1 aliphatic rings. The van der Waals surface area contributed by atoms with Crippen LogP contribution in [0.1, 0.15) is 58.6 Å². The van der Waals surface area contributed by atoms with E-state index in [1.165, 1.54) is 37.3 Å². The van der Waals surface area contributed by atoms with E-state index in [1.54, 1.807) is 42.6 Å². The molecule has 6 nitrogen and oxygen atoms in total. The molecule has 1 saturated carbocycles. The Morgan fingerprint density at radius 3 is 2.37 bits per heavy atom. The fraction of sp³-hybridized carbons (Fsp3) is 0.207. The molecule has 0 heterocycles. The number of carbonyl (C=O) groups excluding carboxylic acids is 2. The third kappa shape index (κ3) is 6.44. The first-order valence-corrected chi connectivity index (χ1v) is 11.6. The molecule has 1 aliphatic carbocycles. The van der Waals surface area contributed by atoms with Crippen molar-refractivity contribution < 1.29 is 24.2 Å². The molecule has 0 unspecified atom stereocenters. The minimum absolute atomic E-state index is 0.0407. The topological polar surface area (TPSA) is 85.2 Å². The predicted octanol–water partition coefficient (Wildman–Crippen LogP) is 6.25. The molecule has 0 aliphatic heterocycles. The summed E-state index contributed by atoms with van der Waals surface area (Å²) in [5, 5.41) is 10.4. The van der Waals surface area contributed by atoms with Gasteiger partial charge in [0.25, 0.3) is 0 Å². The summed E-state index contributed by atoms with van der Waals surface area (Å²) in [6, 6.07) is 19.4. The van der Waals surface area contributed by atoms with Crippen LogP contribution in [0.3, 0.4) is 0 Å². The Bertz CT molecular complexity index is 1220. The second-order valence-corrected chi connectivity index (χ2v) is 8.45. The van der Waals surface area contributed by atoms with Gasteiger partial charge < -0.3 is 14.6 Å². The maximum Gasteiger partial charge on any atom is 0.343 e. The van der Waals surface area contributed by atoms with E-state index in [-0.39, 0.29) is 18.1 Å². The lowest BCUT2D eigenvalue weighted by atomic mass is 9.98. The molecule has 6 heteroatoms. The van der Waals surface area contributed by atoms with Crippen molar-refractivity contribution in [3.63, 3.8) is 0 Å². The number of carbonyl (C=O) groups is 2. The van der Waals surface area contributed by atoms with Gasteiger partial charge in [-0.1, -0.05) is 43.7 Å². The number of phenols is 1. The fourth-order valence-corrected chi connectivity index (χ4v) is 4.05. The van der Waals surface area contributed by atoms with Crippen molar-refractivity contribution in [1.29, 1.82) is 0 Å². The van der Waals surface area contributed by atoms with Crippen LogP contribution in [0.15, 0.2) is 84.4 Å². The Labute approximate surface area is 204 Å². The van der Waals surface area contributed by atoms with Crippen molar-refractivity contribution in [3.05, 3.63) is 102 Å². The lowest BCUT2D eigenvalue weighted by Gasteiger charge is -2.09. The third-order valence-corrected chi connectivity index (χ3v) is 6.02. The average Bonchev–Trinajstić information content (AvgIpc) is 3.42. The van der Waals surface area contributed by atoms with Crippen LogP contribution < -0.4 is 4.74 Å². The zero-order valence-electron chi connectivity index (χ0n) is 19.4. The van der Waals surface area contributed by atoms with Gasteiger partial charge in [0.2, 0.25) is 0 Å². The molecule has 0 saturated heterocycles. The van der Waals surface area contributed by atoms with Crippen molar-refractivity contribution in [1.82, 2.24) is 0 Å². The molecule has 3 aromatic rings. The Balaban J connectivity index is 1.35. The third-order valence-electron chi connectivity index (χ3n) is 6.02. The van der Waals surface area contributed by atoms with Gasteiger partial charge in [-0.3, -0.25) is 4.99 Å². The van der Waals surface area contributed by atoms with Crippen LogP contribution in [0.4, 0.5) is 5.69 Å². The van der Waals surface area contributed by atoms with E-state index in [1.807, 2.05) is 12.1 Å². The number of ether oxygens (including phenoxy) is 2. The molecule has 178 valence electrons. The highest BCUT2D eigenvalue weighted by atomic mass is 16.5. The Hall–Kier alpha value is -4.19. The summed E-state index contributed by atoms with van der Waals surface area (Å²) in [4.78, 5) is 28.0. The highest BCUT2D eigenvalue weighted by Crippen LogP contribution is 2.34. The van der Waals surface area contributed by atoms with E-state index in [0.717, 1.165) is 17.3 Å². The number of esters is 2. The van der Waals surface area contributed by atoms with E-state index in [2.05, 4.69) is 23.7 Å². The summed E-state index contributed by atoms with van der Waals surface area (Å²) in [5.74, 6) is -0.246. The van der Waals surface area contributed by atoms with Gasteiger partial charge in [-0.2, -0.15) is 0 Å². The lowest BCUT2D eigenvalue weighted by molar-refractivity contribution is -0.138. The number of phenolic OH excluding ortho intramolecular Hbond substituents is 1. The van der Waals surface area contributed by atoms with Crippen molar-refractivity contribution in [2.75, 3.05) is 0 Å².